The first kappa shape index (κ1) is 17.4. The number of rotatable bonds is 4. The molecule has 0 spiro atoms. The third-order valence-electron chi connectivity index (χ3n) is 1.65. The maximum Gasteiger partial charge on any atom is 0.409 e. The second kappa shape index (κ2) is 8.48. The van der Waals surface area contributed by atoms with Crippen molar-refractivity contribution in [3.63, 3.8) is 0 Å². The fraction of sp³-hybridized carbons (Fsp3) is 0.0909. The Morgan fingerprint density at radius 1 is 1.35 bits per heavy atom. The van der Waals surface area contributed by atoms with Gasteiger partial charge in [0.25, 0.3) is 5.97 Å². The second-order valence-corrected chi connectivity index (χ2v) is 3.64. The number of para-hydroxylation sites is 1. The summed E-state index contributed by atoms with van der Waals surface area (Å²) in [6, 6.07) is 6.49. The van der Waals surface area contributed by atoms with Crippen molar-refractivity contribution in [3.05, 3.63) is 51.3 Å². The van der Waals surface area contributed by atoms with E-state index in [0.717, 1.165) is 13.1 Å². The Labute approximate surface area is 118 Å². The number of nitrogens with zero attached hydrogens (tertiary/aromatic N) is 1. The molecule has 0 aromatic heterocycles. The van der Waals surface area contributed by atoms with Gasteiger partial charge in [0.05, 0.1) is 21.8 Å². The zero-order chi connectivity index (χ0) is 15.7. The Bertz CT molecular complexity index is 523. The van der Waals surface area contributed by atoms with E-state index in [1.165, 1.54) is 0 Å². The van der Waals surface area contributed by atoms with Gasteiger partial charge >= 0.3 is 11.7 Å². The normalized spacial score (nSPS) is 10.0. The van der Waals surface area contributed by atoms with Crippen molar-refractivity contribution < 1.29 is 24.7 Å². The van der Waals surface area contributed by atoms with Crippen molar-refractivity contribution in [3.8, 4) is 0 Å². The molecular formula is C11H11ClN2O6. The van der Waals surface area contributed by atoms with Crippen LogP contribution in [-0.2, 0) is 9.59 Å². The van der Waals surface area contributed by atoms with E-state index in [1.807, 2.05) is 0 Å². The predicted molar refractivity (Wildman–Crippen MR) is 71.1 cm³/mol. The molecule has 0 aliphatic heterocycles. The number of halogens is 1. The van der Waals surface area contributed by atoms with Gasteiger partial charge in [0, 0.05) is 6.92 Å². The molecule has 8 nitrogen and oxygen atoms in total. The SMILES string of the molecule is CC(=O)O.O=C(O)/C(=C\Nc1ccccc1Cl)[N+](=O)[O-]. The molecule has 0 aliphatic rings. The smallest absolute Gasteiger partial charge is 0.409 e. The fourth-order valence-electron chi connectivity index (χ4n) is 0.917. The molecule has 0 unspecified atom stereocenters. The predicted octanol–water partition coefficient (Wildman–Crippen LogP) is 2.05. The first-order valence-corrected chi connectivity index (χ1v) is 5.42. The highest BCUT2D eigenvalue weighted by molar-refractivity contribution is 6.33. The Morgan fingerprint density at radius 2 is 1.85 bits per heavy atom. The minimum Gasteiger partial charge on any atom is -0.481 e. The molecule has 20 heavy (non-hydrogen) atoms. The zero-order valence-electron chi connectivity index (χ0n) is 10.2. The summed E-state index contributed by atoms with van der Waals surface area (Å²) in [5.41, 5.74) is -0.565. The molecule has 0 fully saturated rings. The van der Waals surface area contributed by atoms with E-state index in [2.05, 4.69) is 5.32 Å². The van der Waals surface area contributed by atoms with E-state index in [1.54, 1.807) is 24.3 Å². The summed E-state index contributed by atoms with van der Waals surface area (Å²) in [4.78, 5) is 28.8. The maximum absolute atomic E-state index is 10.5. The van der Waals surface area contributed by atoms with E-state index in [4.69, 9.17) is 26.6 Å². The standard InChI is InChI=1S/C9H7ClN2O4.C2H4O2/c10-6-3-1-2-4-7(6)11-5-8(9(13)14)12(15)16;1-2(3)4/h1-5,11H,(H,13,14);1H3,(H,3,4)/b8-5+;. The van der Waals surface area contributed by atoms with E-state index >= 15 is 0 Å². The summed E-state index contributed by atoms with van der Waals surface area (Å²) in [7, 11) is 0. The molecule has 0 atom stereocenters. The maximum atomic E-state index is 10.5. The van der Waals surface area contributed by atoms with Crippen LogP contribution in [0.2, 0.25) is 5.02 Å². The number of nitrogens with one attached hydrogen (secondary N) is 1. The average molecular weight is 303 g/mol. The largest absolute Gasteiger partial charge is 0.481 e. The van der Waals surface area contributed by atoms with Crippen LogP contribution in [0.1, 0.15) is 6.92 Å². The molecule has 1 aromatic rings. The van der Waals surface area contributed by atoms with Gasteiger partial charge in [-0.25, -0.2) is 4.79 Å². The molecule has 0 heterocycles. The Kier molecular flexibility index (Phi) is 7.38. The molecule has 0 saturated carbocycles. The zero-order valence-corrected chi connectivity index (χ0v) is 11.0. The lowest BCUT2D eigenvalue weighted by atomic mass is 10.3. The van der Waals surface area contributed by atoms with Crippen LogP contribution >= 0.6 is 11.6 Å². The van der Waals surface area contributed by atoms with Crippen LogP contribution in [0.4, 0.5) is 5.69 Å². The first-order valence-electron chi connectivity index (χ1n) is 5.04. The number of hydrogen-bond acceptors (Lipinski definition) is 5. The van der Waals surface area contributed by atoms with Crippen LogP contribution in [0.15, 0.2) is 36.2 Å². The van der Waals surface area contributed by atoms with E-state index < -0.39 is 22.6 Å². The fourth-order valence-corrected chi connectivity index (χ4v) is 1.11. The number of aliphatic carboxylic acids is 2. The third-order valence-corrected chi connectivity index (χ3v) is 1.98. The Balaban J connectivity index is 0.000000796. The van der Waals surface area contributed by atoms with Crippen molar-refractivity contribution >= 4 is 29.2 Å². The molecule has 0 amide bonds. The van der Waals surface area contributed by atoms with E-state index in [0.29, 0.717) is 10.7 Å². The summed E-state index contributed by atoms with van der Waals surface area (Å²) in [6.07, 6.45) is 0.781. The van der Waals surface area contributed by atoms with Gasteiger partial charge in [-0.1, -0.05) is 23.7 Å². The summed E-state index contributed by atoms with van der Waals surface area (Å²) in [5, 5.41) is 29.1. The number of benzene rings is 1. The van der Waals surface area contributed by atoms with Crippen LogP contribution in [0.3, 0.4) is 0 Å². The minimum absolute atomic E-state index is 0.340. The minimum atomic E-state index is -1.62. The number of carboxylic acids is 2. The van der Waals surface area contributed by atoms with Crippen molar-refractivity contribution in [1.82, 2.24) is 0 Å². The summed E-state index contributed by atoms with van der Waals surface area (Å²) in [6.45, 7) is 1.08. The van der Waals surface area contributed by atoms with Crippen molar-refractivity contribution in [2.45, 2.75) is 6.92 Å². The topological polar surface area (TPSA) is 130 Å². The third kappa shape index (κ3) is 6.97. The van der Waals surface area contributed by atoms with Gasteiger partial charge in [-0.3, -0.25) is 14.9 Å². The van der Waals surface area contributed by atoms with Crippen LogP contribution in [-0.4, -0.2) is 27.1 Å². The van der Waals surface area contributed by atoms with Gasteiger partial charge in [-0.15, -0.1) is 0 Å². The molecule has 1 aromatic carbocycles. The summed E-state index contributed by atoms with van der Waals surface area (Å²) < 4.78 is 0. The molecule has 0 aliphatic carbocycles. The molecule has 0 saturated heterocycles. The summed E-state index contributed by atoms with van der Waals surface area (Å²) >= 11 is 5.76. The van der Waals surface area contributed by atoms with Crippen LogP contribution in [0.25, 0.3) is 0 Å². The molecule has 1 rings (SSSR count). The first-order chi connectivity index (χ1) is 9.25. The molecule has 108 valence electrons. The average Bonchev–Trinajstić information content (AvgIpc) is 2.30. The van der Waals surface area contributed by atoms with Crippen molar-refractivity contribution in [1.29, 1.82) is 0 Å². The van der Waals surface area contributed by atoms with Crippen LogP contribution in [0.5, 0.6) is 0 Å². The van der Waals surface area contributed by atoms with E-state index in [-0.39, 0.29) is 0 Å². The highest BCUT2D eigenvalue weighted by Crippen LogP contribution is 2.20. The molecule has 3 N–H and O–H groups in total. The number of nitro groups is 1. The van der Waals surface area contributed by atoms with Gasteiger partial charge < -0.3 is 15.5 Å². The van der Waals surface area contributed by atoms with Gasteiger partial charge in [0.1, 0.15) is 0 Å². The van der Waals surface area contributed by atoms with E-state index in [9.17, 15) is 14.9 Å². The molecular weight excluding hydrogens is 292 g/mol. The lowest BCUT2D eigenvalue weighted by molar-refractivity contribution is -0.421. The van der Waals surface area contributed by atoms with Crippen LogP contribution < -0.4 is 5.32 Å². The van der Waals surface area contributed by atoms with Gasteiger partial charge in [-0.2, -0.15) is 0 Å². The number of carboxylic acid groups (broad SMARTS) is 2. The van der Waals surface area contributed by atoms with Gasteiger partial charge in [0.15, 0.2) is 0 Å². The summed E-state index contributed by atoms with van der Waals surface area (Å²) in [5.74, 6) is -2.45. The molecule has 0 radical (unpaired) electrons. The van der Waals surface area contributed by atoms with Crippen molar-refractivity contribution in [2.75, 3.05) is 5.32 Å². The lowest BCUT2D eigenvalue weighted by Crippen LogP contribution is -2.12. The molecule has 0 bridgehead atoms. The van der Waals surface area contributed by atoms with Gasteiger partial charge in [-0.05, 0) is 12.1 Å². The van der Waals surface area contributed by atoms with Gasteiger partial charge in [0.2, 0.25) is 0 Å². The van der Waals surface area contributed by atoms with Crippen molar-refractivity contribution in [2.24, 2.45) is 0 Å². The highest BCUT2D eigenvalue weighted by atomic mass is 35.5. The monoisotopic (exact) mass is 302 g/mol. The highest BCUT2D eigenvalue weighted by Gasteiger charge is 2.20. The number of hydrogen-bond donors (Lipinski definition) is 3. The number of anilines is 1. The Morgan fingerprint density at radius 3 is 2.25 bits per heavy atom. The van der Waals surface area contributed by atoms with Crippen LogP contribution in [0, 0.1) is 10.1 Å². The second-order valence-electron chi connectivity index (χ2n) is 3.24. The quantitative estimate of drug-likeness (QED) is 0.441. The Hall–Kier alpha value is -2.61. The number of carbonyl (C=O) groups is 2. The molecule has 9 heteroatoms. The lowest BCUT2D eigenvalue weighted by Gasteiger charge is -2.02.